The largest absolute Gasteiger partial charge is 0.379 e. The van der Waals surface area contributed by atoms with Crippen molar-refractivity contribution in [2.75, 3.05) is 26.4 Å². The first-order chi connectivity index (χ1) is 9.77. The van der Waals surface area contributed by atoms with Gasteiger partial charge in [0.2, 0.25) is 0 Å². The van der Waals surface area contributed by atoms with Gasteiger partial charge in [-0.1, -0.05) is 18.2 Å². The van der Waals surface area contributed by atoms with Gasteiger partial charge >= 0.3 is 0 Å². The Labute approximate surface area is 120 Å². The Balaban J connectivity index is 1.55. The van der Waals surface area contributed by atoms with Gasteiger partial charge in [0.15, 0.2) is 0 Å². The summed E-state index contributed by atoms with van der Waals surface area (Å²) < 4.78 is 24.6. The standard InChI is InChI=1S/C16H24FNO2/c1-13(15-7-2-3-8-16(15)17)18-9-5-10-19-12-14-6-4-11-20-14/h2-3,7-8,13-14,18H,4-6,9-12H2,1H3. The van der Waals surface area contributed by atoms with Gasteiger partial charge in [0.25, 0.3) is 0 Å². The van der Waals surface area contributed by atoms with Crippen LogP contribution in [0.25, 0.3) is 0 Å². The number of hydrogen-bond donors (Lipinski definition) is 1. The van der Waals surface area contributed by atoms with E-state index in [1.807, 2.05) is 19.1 Å². The summed E-state index contributed by atoms with van der Waals surface area (Å²) in [5.41, 5.74) is 0.716. The Morgan fingerprint density at radius 2 is 2.30 bits per heavy atom. The fourth-order valence-corrected chi connectivity index (χ4v) is 2.42. The molecule has 1 aliphatic heterocycles. The zero-order chi connectivity index (χ0) is 14.2. The molecule has 1 N–H and O–H groups in total. The van der Waals surface area contributed by atoms with Gasteiger partial charge in [0.05, 0.1) is 12.7 Å². The Hall–Kier alpha value is -0.970. The van der Waals surface area contributed by atoms with Crippen molar-refractivity contribution in [3.05, 3.63) is 35.6 Å². The van der Waals surface area contributed by atoms with Crippen LogP contribution >= 0.6 is 0 Å². The molecule has 1 fully saturated rings. The van der Waals surface area contributed by atoms with Crippen LogP contribution in [0.15, 0.2) is 24.3 Å². The van der Waals surface area contributed by atoms with E-state index in [9.17, 15) is 4.39 Å². The van der Waals surface area contributed by atoms with E-state index in [-0.39, 0.29) is 11.9 Å². The van der Waals surface area contributed by atoms with Crippen molar-refractivity contribution < 1.29 is 13.9 Å². The molecular weight excluding hydrogens is 257 g/mol. The van der Waals surface area contributed by atoms with E-state index in [4.69, 9.17) is 9.47 Å². The fraction of sp³-hybridized carbons (Fsp3) is 0.625. The van der Waals surface area contributed by atoms with Crippen LogP contribution in [-0.2, 0) is 9.47 Å². The van der Waals surface area contributed by atoms with Gasteiger partial charge in [-0.25, -0.2) is 4.39 Å². The number of benzene rings is 1. The molecule has 1 heterocycles. The lowest BCUT2D eigenvalue weighted by Crippen LogP contribution is -2.22. The highest BCUT2D eigenvalue weighted by molar-refractivity contribution is 5.20. The Bertz CT molecular complexity index is 394. The summed E-state index contributed by atoms with van der Waals surface area (Å²) in [6.45, 7) is 5.09. The van der Waals surface area contributed by atoms with Gasteiger partial charge in [-0.2, -0.15) is 0 Å². The zero-order valence-electron chi connectivity index (χ0n) is 12.1. The van der Waals surface area contributed by atoms with Crippen molar-refractivity contribution in [2.45, 2.75) is 38.3 Å². The number of halogens is 1. The monoisotopic (exact) mass is 281 g/mol. The van der Waals surface area contributed by atoms with E-state index in [0.29, 0.717) is 18.3 Å². The molecule has 1 aliphatic rings. The van der Waals surface area contributed by atoms with Crippen LogP contribution in [0.4, 0.5) is 4.39 Å². The van der Waals surface area contributed by atoms with Gasteiger partial charge in [-0.3, -0.25) is 0 Å². The van der Waals surface area contributed by atoms with Crippen LogP contribution in [0, 0.1) is 5.82 Å². The Morgan fingerprint density at radius 3 is 3.05 bits per heavy atom. The van der Waals surface area contributed by atoms with E-state index in [1.54, 1.807) is 6.07 Å². The van der Waals surface area contributed by atoms with E-state index in [0.717, 1.165) is 39.0 Å². The number of rotatable bonds is 8. The lowest BCUT2D eigenvalue weighted by Gasteiger charge is -2.15. The lowest BCUT2D eigenvalue weighted by atomic mass is 10.1. The molecule has 4 heteroatoms. The number of ether oxygens (including phenoxy) is 2. The fourth-order valence-electron chi connectivity index (χ4n) is 2.42. The van der Waals surface area contributed by atoms with Crippen molar-refractivity contribution >= 4 is 0 Å². The highest BCUT2D eigenvalue weighted by atomic mass is 19.1. The lowest BCUT2D eigenvalue weighted by molar-refractivity contribution is 0.0165. The summed E-state index contributed by atoms with van der Waals surface area (Å²) in [6.07, 6.45) is 3.48. The molecular formula is C16H24FNO2. The minimum absolute atomic E-state index is 0.0226. The topological polar surface area (TPSA) is 30.5 Å². The van der Waals surface area contributed by atoms with Crippen molar-refractivity contribution in [3.63, 3.8) is 0 Å². The molecule has 2 unspecified atom stereocenters. The summed E-state index contributed by atoms with van der Waals surface area (Å²) in [7, 11) is 0. The van der Waals surface area contributed by atoms with E-state index in [2.05, 4.69) is 5.32 Å². The molecule has 0 aromatic heterocycles. The highest BCUT2D eigenvalue weighted by Gasteiger charge is 2.15. The second-order valence-corrected chi connectivity index (χ2v) is 5.26. The van der Waals surface area contributed by atoms with E-state index < -0.39 is 0 Å². The third-order valence-electron chi connectivity index (χ3n) is 3.62. The molecule has 1 aromatic carbocycles. The van der Waals surface area contributed by atoms with E-state index >= 15 is 0 Å². The maximum Gasteiger partial charge on any atom is 0.127 e. The van der Waals surface area contributed by atoms with Crippen LogP contribution in [0.3, 0.4) is 0 Å². The maximum absolute atomic E-state index is 13.6. The molecule has 20 heavy (non-hydrogen) atoms. The summed E-state index contributed by atoms with van der Waals surface area (Å²) >= 11 is 0. The first-order valence-corrected chi connectivity index (χ1v) is 7.44. The first-order valence-electron chi connectivity index (χ1n) is 7.44. The van der Waals surface area contributed by atoms with E-state index in [1.165, 1.54) is 6.07 Å². The van der Waals surface area contributed by atoms with Gasteiger partial charge < -0.3 is 14.8 Å². The molecule has 1 saturated heterocycles. The highest BCUT2D eigenvalue weighted by Crippen LogP contribution is 2.15. The number of hydrogen-bond acceptors (Lipinski definition) is 3. The third-order valence-corrected chi connectivity index (χ3v) is 3.62. The molecule has 2 atom stereocenters. The Kier molecular flexibility index (Phi) is 6.43. The van der Waals surface area contributed by atoms with Gasteiger partial charge in [0.1, 0.15) is 5.82 Å². The molecule has 0 spiro atoms. The van der Waals surface area contributed by atoms with Crippen LogP contribution in [0.1, 0.15) is 37.8 Å². The molecule has 2 rings (SSSR count). The first kappa shape index (κ1) is 15.4. The maximum atomic E-state index is 13.6. The van der Waals surface area contributed by atoms with Crippen LogP contribution in [-0.4, -0.2) is 32.5 Å². The normalized spacial score (nSPS) is 20.2. The van der Waals surface area contributed by atoms with Crippen LogP contribution in [0.5, 0.6) is 0 Å². The minimum atomic E-state index is -0.151. The molecule has 0 radical (unpaired) electrons. The van der Waals surface area contributed by atoms with Crippen LogP contribution in [0.2, 0.25) is 0 Å². The minimum Gasteiger partial charge on any atom is -0.379 e. The average Bonchev–Trinajstić information content (AvgIpc) is 2.96. The van der Waals surface area contributed by atoms with Gasteiger partial charge in [-0.05, 0) is 38.8 Å². The SMILES string of the molecule is CC(NCCCOCC1CCCO1)c1ccccc1F. The predicted octanol–water partition coefficient (Wildman–Crippen LogP) is 3.06. The summed E-state index contributed by atoms with van der Waals surface area (Å²) in [5, 5.41) is 3.32. The molecule has 0 aliphatic carbocycles. The summed E-state index contributed by atoms with van der Waals surface area (Å²) in [5.74, 6) is -0.151. The second-order valence-electron chi connectivity index (χ2n) is 5.26. The van der Waals surface area contributed by atoms with Crippen LogP contribution < -0.4 is 5.32 Å². The quantitative estimate of drug-likeness (QED) is 0.743. The molecule has 112 valence electrons. The van der Waals surface area contributed by atoms with Gasteiger partial charge in [-0.15, -0.1) is 0 Å². The average molecular weight is 281 g/mol. The van der Waals surface area contributed by atoms with Crippen molar-refractivity contribution in [2.24, 2.45) is 0 Å². The Morgan fingerprint density at radius 1 is 1.45 bits per heavy atom. The number of nitrogens with one attached hydrogen (secondary N) is 1. The molecule has 0 bridgehead atoms. The molecule has 0 amide bonds. The van der Waals surface area contributed by atoms with Crippen molar-refractivity contribution in [1.82, 2.24) is 5.32 Å². The zero-order valence-corrected chi connectivity index (χ0v) is 12.1. The summed E-state index contributed by atoms with van der Waals surface area (Å²) in [6, 6.07) is 6.92. The smallest absolute Gasteiger partial charge is 0.127 e. The molecule has 0 saturated carbocycles. The van der Waals surface area contributed by atoms with Crippen molar-refractivity contribution in [1.29, 1.82) is 0 Å². The van der Waals surface area contributed by atoms with Gasteiger partial charge in [0, 0.05) is 24.8 Å². The van der Waals surface area contributed by atoms with Crippen molar-refractivity contribution in [3.8, 4) is 0 Å². The third kappa shape index (κ3) is 4.85. The second kappa shape index (κ2) is 8.35. The predicted molar refractivity (Wildman–Crippen MR) is 77.2 cm³/mol. The molecule has 1 aromatic rings. The summed E-state index contributed by atoms with van der Waals surface area (Å²) in [4.78, 5) is 0. The molecule has 3 nitrogen and oxygen atoms in total.